The van der Waals surface area contributed by atoms with E-state index in [-0.39, 0.29) is 0 Å². The summed E-state index contributed by atoms with van der Waals surface area (Å²) in [4.78, 5) is 0.714. The number of furan rings is 1. The molecule has 0 atom stereocenters. The number of fused-ring (bicyclic) bond motifs is 6. The van der Waals surface area contributed by atoms with Crippen molar-refractivity contribution in [2.45, 2.75) is 9.79 Å². The average molecular weight is 461 g/mol. The molecule has 140 valence electrons. The predicted octanol–water partition coefficient (Wildman–Crippen LogP) is 6.83. The number of rotatable bonds is 1. The van der Waals surface area contributed by atoms with Gasteiger partial charge in [-0.15, -0.1) is 0 Å². The van der Waals surface area contributed by atoms with Crippen molar-refractivity contribution < 1.29 is 12.8 Å². The van der Waals surface area contributed by atoms with E-state index in [0.29, 0.717) is 9.79 Å². The van der Waals surface area contributed by atoms with Crippen LogP contribution in [0.2, 0.25) is 0 Å². The molecule has 2 heterocycles. The van der Waals surface area contributed by atoms with E-state index in [1.54, 1.807) is 12.1 Å². The molecule has 0 amide bonds. The summed E-state index contributed by atoms with van der Waals surface area (Å²) in [7, 11) is -3.49. The first kappa shape index (κ1) is 17.0. The third kappa shape index (κ3) is 2.38. The lowest BCUT2D eigenvalue weighted by molar-refractivity contribution is 0.598. The largest absolute Gasteiger partial charge is 0.456 e. The highest BCUT2D eigenvalue weighted by molar-refractivity contribution is 9.10. The highest BCUT2D eigenvalue weighted by Gasteiger charge is 2.33. The highest BCUT2D eigenvalue weighted by atomic mass is 79.9. The number of hydrogen-bond acceptors (Lipinski definition) is 3. The van der Waals surface area contributed by atoms with E-state index in [1.807, 2.05) is 48.5 Å². The molecule has 3 nitrogen and oxygen atoms in total. The number of para-hydroxylation sites is 1. The monoisotopic (exact) mass is 460 g/mol. The summed E-state index contributed by atoms with van der Waals surface area (Å²) in [6, 6.07) is 25.0. The molecule has 29 heavy (non-hydrogen) atoms. The summed E-state index contributed by atoms with van der Waals surface area (Å²) in [6.45, 7) is 0. The first-order valence-corrected chi connectivity index (χ1v) is 11.4. The maximum absolute atomic E-state index is 12.9. The van der Waals surface area contributed by atoms with Gasteiger partial charge in [0.15, 0.2) is 0 Å². The van der Waals surface area contributed by atoms with Crippen LogP contribution >= 0.6 is 15.9 Å². The van der Waals surface area contributed by atoms with Crippen LogP contribution in [0.4, 0.5) is 0 Å². The van der Waals surface area contributed by atoms with Crippen molar-refractivity contribution >= 4 is 47.7 Å². The standard InChI is InChI=1S/C24H13BrO3S/c25-16-7-9-19-20-11-14(6-10-23(20)29(26,27)24(19)13-16)15-5-8-18-17-3-1-2-4-21(17)28-22(18)12-15/h1-13H. The smallest absolute Gasteiger partial charge is 0.207 e. The molecule has 0 fully saturated rings. The Balaban J connectivity index is 1.56. The van der Waals surface area contributed by atoms with Gasteiger partial charge in [0, 0.05) is 26.4 Å². The normalized spacial score (nSPS) is 14.2. The van der Waals surface area contributed by atoms with Crippen LogP contribution < -0.4 is 0 Å². The summed E-state index contributed by atoms with van der Waals surface area (Å²) < 4.78 is 32.6. The van der Waals surface area contributed by atoms with Crippen LogP contribution in [0.3, 0.4) is 0 Å². The molecule has 5 aromatic rings. The first-order chi connectivity index (χ1) is 14.0. The van der Waals surface area contributed by atoms with Gasteiger partial charge in [-0.05, 0) is 53.6 Å². The van der Waals surface area contributed by atoms with Gasteiger partial charge in [0.25, 0.3) is 0 Å². The maximum Gasteiger partial charge on any atom is 0.207 e. The molecule has 0 N–H and O–H groups in total. The Bertz CT molecular complexity index is 1580. The molecule has 0 unspecified atom stereocenters. The van der Waals surface area contributed by atoms with Gasteiger partial charge in [-0.3, -0.25) is 0 Å². The second-order valence-corrected chi connectivity index (χ2v) is 9.97. The third-order valence-corrected chi connectivity index (χ3v) is 7.85. The third-order valence-electron chi connectivity index (χ3n) is 5.50. The summed E-state index contributed by atoms with van der Waals surface area (Å²) in [6.07, 6.45) is 0. The second-order valence-electron chi connectivity index (χ2n) is 7.16. The zero-order valence-electron chi connectivity index (χ0n) is 15.0. The van der Waals surface area contributed by atoms with Crippen LogP contribution in [0.1, 0.15) is 0 Å². The van der Waals surface area contributed by atoms with Gasteiger partial charge >= 0.3 is 0 Å². The van der Waals surface area contributed by atoms with Crippen LogP contribution in [-0.2, 0) is 9.84 Å². The lowest BCUT2D eigenvalue weighted by Gasteiger charge is -2.05. The minimum Gasteiger partial charge on any atom is -0.456 e. The lowest BCUT2D eigenvalue weighted by atomic mass is 9.98. The molecule has 0 bridgehead atoms. The van der Waals surface area contributed by atoms with E-state index in [0.717, 1.165) is 48.7 Å². The van der Waals surface area contributed by atoms with Gasteiger partial charge in [0.05, 0.1) is 9.79 Å². The summed E-state index contributed by atoms with van der Waals surface area (Å²) in [5, 5.41) is 2.16. The van der Waals surface area contributed by atoms with Crippen molar-refractivity contribution in [1.29, 1.82) is 0 Å². The average Bonchev–Trinajstić information content (AvgIpc) is 3.20. The molecule has 5 heteroatoms. The van der Waals surface area contributed by atoms with Crippen molar-refractivity contribution in [1.82, 2.24) is 0 Å². The highest BCUT2D eigenvalue weighted by Crippen LogP contribution is 2.45. The molecular formula is C24H13BrO3S. The van der Waals surface area contributed by atoms with Crippen molar-refractivity contribution in [3.05, 3.63) is 83.3 Å². The number of sulfone groups is 1. The molecule has 4 aromatic carbocycles. The van der Waals surface area contributed by atoms with Crippen molar-refractivity contribution in [2.24, 2.45) is 0 Å². The van der Waals surface area contributed by atoms with E-state index in [2.05, 4.69) is 34.1 Å². The molecule has 1 aliphatic heterocycles. The predicted molar refractivity (Wildman–Crippen MR) is 118 cm³/mol. The number of halogens is 1. The molecule has 0 aliphatic carbocycles. The maximum atomic E-state index is 12.9. The van der Waals surface area contributed by atoms with Gasteiger partial charge in [0.2, 0.25) is 9.84 Å². The Morgan fingerprint density at radius 1 is 0.655 bits per heavy atom. The van der Waals surface area contributed by atoms with Gasteiger partial charge in [-0.1, -0.05) is 52.3 Å². The Morgan fingerprint density at radius 2 is 1.41 bits per heavy atom. The molecule has 1 aromatic heterocycles. The van der Waals surface area contributed by atoms with E-state index >= 15 is 0 Å². The number of benzene rings is 4. The molecular weight excluding hydrogens is 448 g/mol. The van der Waals surface area contributed by atoms with Crippen molar-refractivity contribution in [2.75, 3.05) is 0 Å². The van der Waals surface area contributed by atoms with Gasteiger partial charge < -0.3 is 4.42 Å². The summed E-state index contributed by atoms with van der Waals surface area (Å²) in [5.74, 6) is 0. The van der Waals surface area contributed by atoms with Gasteiger partial charge in [-0.25, -0.2) is 8.42 Å². The van der Waals surface area contributed by atoms with E-state index in [9.17, 15) is 8.42 Å². The zero-order valence-corrected chi connectivity index (χ0v) is 17.4. The Kier molecular flexibility index (Phi) is 3.41. The van der Waals surface area contributed by atoms with Crippen LogP contribution in [0.25, 0.3) is 44.2 Å². The minimum atomic E-state index is -3.49. The van der Waals surface area contributed by atoms with Crippen LogP contribution in [0.15, 0.2) is 97.5 Å². The quantitative estimate of drug-likeness (QED) is 0.270. The SMILES string of the molecule is O=S1(=O)c2ccc(-c3ccc4c(c3)oc3ccccc34)cc2-c2ccc(Br)cc21. The minimum absolute atomic E-state index is 0.353. The molecule has 0 saturated carbocycles. The van der Waals surface area contributed by atoms with Crippen LogP contribution in [-0.4, -0.2) is 8.42 Å². The molecule has 0 saturated heterocycles. The zero-order chi connectivity index (χ0) is 19.8. The van der Waals surface area contributed by atoms with Gasteiger partial charge in [0.1, 0.15) is 11.2 Å². The van der Waals surface area contributed by atoms with Gasteiger partial charge in [-0.2, -0.15) is 0 Å². The fourth-order valence-electron chi connectivity index (χ4n) is 4.12. The topological polar surface area (TPSA) is 47.3 Å². The van der Waals surface area contributed by atoms with Crippen molar-refractivity contribution in [3.63, 3.8) is 0 Å². The van der Waals surface area contributed by atoms with E-state index < -0.39 is 9.84 Å². The van der Waals surface area contributed by atoms with Crippen LogP contribution in [0.5, 0.6) is 0 Å². The Hall–Kier alpha value is -2.89. The molecule has 6 rings (SSSR count). The van der Waals surface area contributed by atoms with Crippen molar-refractivity contribution in [3.8, 4) is 22.3 Å². The fourth-order valence-corrected chi connectivity index (χ4v) is 6.32. The molecule has 0 radical (unpaired) electrons. The fraction of sp³-hybridized carbons (Fsp3) is 0. The number of hydrogen-bond donors (Lipinski definition) is 0. The second kappa shape index (κ2) is 5.81. The molecule has 1 aliphatic rings. The van der Waals surface area contributed by atoms with E-state index in [1.165, 1.54) is 0 Å². The Morgan fingerprint density at radius 3 is 2.31 bits per heavy atom. The lowest BCUT2D eigenvalue weighted by Crippen LogP contribution is -1.96. The van der Waals surface area contributed by atoms with Crippen LogP contribution in [0, 0.1) is 0 Å². The summed E-state index contributed by atoms with van der Waals surface area (Å²) in [5.41, 5.74) is 5.12. The first-order valence-electron chi connectivity index (χ1n) is 9.13. The summed E-state index contributed by atoms with van der Waals surface area (Å²) >= 11 is 3.38. The Labute approximate surface area is 175 Å². The van der Waals surface area contributed by atoms with E-state index in [4.69, 9.17) is 4.42 Å². The molecule has 0 spiro atoms.